The van der Waals surface area contributed by atoms with Crippen LogP contribution in [-0.4, -0.2) is 22.7 Å². The van der Waals surface area contributed by atoms with Crippen molar-refractivity contribution in [1.82, 2.24) is 9.55 Å². The number of pyridine rings is 1. The molecule has 33 heavy (non-hydrogen) atoms. The van der Waals surface area contributed by atoms with Gasteiger partial charge in [-0.05, 0) is 60.5 Å². The number of methoxy groups -OCH3 is 1. The lowest BCUT2D eigenvalue weighted by molar-refractivity contribution is -0.137. The number of benzene rings is 2. The number of alkyl halides is 3. The average molecular weight is 454 g/mol. The predicted molar refractivity (Wildman–Crippen MR) is 121 cm³/mol. The van der Waals surface area contributed by atoms with Crippen LogP contribution in [0.1, 0.15) is 16.7 Å². The van der Waals surface area contributed by atoms with Gasteiger partial charge in [-0.3, -0.25) is 4.98 Å². The molecule has 0 aliphatic rings. The van der Waals surface area contributed by atoms with Gasteiger partial charge in [0, 0.05) is 30.5 Å². The fourth-order valence-electron chi connectivity index (χ4n) is 3.69. The maximum atomic E-state index is 13.1. The summed E-state index contributed by atoms with van der Waals surface area (Å²) in [5, 5.41) is 6.01. The summed E-state index contributed by atoms with van der Waals surface area (Å²) in [4.78, 5) is 16.7. The average Bonchev–Trinajstić information content (AvgIpc) is 3.20. The Morgan fingerprint density at radius 3 is 2.45 bits per heavy atom. The van der Waals surface area contributed by atoms with E-state index in [1.807, 2.05) is 37.4 Å². The summed E-state index contributed by atoms with van der Waals surface area (Å²) in [7, 11) is 1.32. The SMILES string of the molecule is COc1ccc(C(F)(F)F)cc1NC(=O)Nc1ccc(C)c2c1ccn2Cc1ccncc1. The van der Waals surface area contributed by atoms with Crippen molar-refractivity contribution in [3.63, 3.8) is 0 Å². The maximum absolute atomic E-state index is 13.1. The van der Waals surface area contributed by atoms with Crippen molar-refractivity contribution in [2.45, 2.75) is 19.6 Å². The molecule has 2 heterocycles. The lowest BCUT2D eigenvalue weighted by Crippen LogP contribution is -2.20. The second kappa shape index (κ2) is 8.85. The van der Waals surface area contributed by atoms with Crippen molar-refractivity contribution in [3.8, 4) is 5.75 Å². The smallest absolute Gasteiger partial charge is 0.416 e. The Hall–Kier alpha value is -4.01. The highest BCUT2D eigenvalue weighted by Gasteiger charge is 2.31. The van der Waals surface area contributed by atoms with Gasteiger partial charge in [-0.1, -0.05) is 6.07 Å². The number of aromatic nitrogens is 2. The predicted octanol–water partition coefficient (Wildman–Crippen LogP) is 6.06. The van der Waals surface area contributed by atoms with Crippen LogP contribution in [0.25, 0.3) is 10.9 Å². The number of hydrogen-bond donors (Lipinski definition) is 2. The van der Waals surface area contributed by atoms with E-state index in [0.29, 0.717) is 12.2 Å². The normalized spacial score (nSPS) is 11.4. The number of ether oxygens (including phenoxy) is 1. The molecule has 0 bridgehead atoms. The molecule has 2 N–H and O–H groups in total. The quantitative estimate of drug-likeness (QED) is 0.385. The number of aryl methyl sites for hydroxylation is 1. The van der Waals surface area contributed by atoms with E-state index in [0.717, 1.165) is 34.2 Å². The Labute approximate surface area is 188 Å². The largest absolute Gasteiger partial charge is 0.495 e. The van der Waals surface area contributed by atoms with Gasteiger partial charge in [0.15, 0.2) is 0 Å². The Morgan fingerprint density at radius 2 is 1.76 bits per heavy atom. The number of amides is 2. The van der Waals surface area contributed by atoms with Gasteiger partial charge in [-0.25, -0.2) is 4.79 Å². The number of fused-ring (bicyclic) bond motifs is 1. The number of carbonyl (C=O) groups excluding carboxylic acids is 1. The van der Waals surface area contributed by atoms with Crippen LogP contribution in [0.15, 0.2) is 67.1 Å². The summed E-state index contributed by atoms with van der Waals surface area (Å²) in [5.74, 6) is 0.121. The third kappa shape index (κ3) is 4.77. The van der Waals surface area contributed by atoms with Crippen molar-refractivity contribution in [2.75, 3.05) is 17.7 Å². The molecular formula is C24H21F3N4O2. The number of halogens is 3. The van der Waals surface area contributed by atoms with Gasteiger partial charge < -0.3 is 19.9 Å². The van der Waals surface area contributed by atoms with Crippen LogP contribution < -0.4 is 15.4 Å². The van der Waals surface area contributed by atoms with E-state index < -0.39 is 17.8 Å². The van der Waals surface area contributed by atoms with E-state index in [9.17, 15) is 18.0 Å². The molecule has 2 aromatic heterocycles. The Balaban J connectivity index is 1.60. The molecule has 4 aromatic rings. The molecule has 2 aromatic carbocycles. The van der Waals surface area contributed by atoms with Crippen LogP contribution in [0, 0.1) is 6.92 Å². The summed E-state index contributed by atoms with van der Waals surface area (Å²) < 4.78 is 46.4. The summed E-state index contributed by atoms with van der Waals surface area (Å²) >= 11 is 0. The molecule has 0 aliphatic heterocycles. The van der Waals surface area contributed by atoms with Crippen molar-refractivity contribution in [1.29, 1.82) is 0 Å². The zero-order chi connectivity index (χ0) is 23.6. The zero-order valence-corrected chi connectivity index (χ0v) is 17.9. The summed E-state index contributed by atoms with van der Waals surface area (Å²) in [6.45, 7) is 2.60. The van der Waals surface area contributed by atoms with Gasteiger partial charge >= 0.3 is 12.2 Å². The minimum Gasteiger partial charge on any atom is -0.495 e. The van der Waals surface area contributed by atoms with Crippen molar-refractivity contribution in [3.05, 3.63) is 83.8 Å². The van der Waals surface area contributed by atoms with Crippen molar-refractivity contribution in [2.24, 2.45) is 0 Å². The molecule has 0 spiro atoms. The van der Waals surface area contributed by atoms with E-state index in [2.05, 4.69) is 20.2 Å². The van der Waals surface area contributed by atoms with Crippen molar-refractivity contribution >= 4 is 28.3 Å². The first-order chi connectivity index (χ1) is 15.8. The molecule has 170 valence electrons. The monoisotopic (exact) mass is 454 g/mol. The lowest BCUT2D eigenvalue weighted by atomic mass is 10.1. The van der Waals surface area contributed by atoms with Gasteiger partial charge in [0.2, 0.25) is 0 Å². The molecule has 0 atom stereocenters. The Kier molecular flexibility index (Phi) is 5.95. The molecule has 0 unspecified atom stereocenters. The van der Waals surface area contributed by atoms with Crippen LogP contribution in [0.4, 0.5) is 29.3 Å². The molecule has 6 nitrogen and oxygen atoms in total. The van der Waals surface area contributed by atoms with Crippen LogP contribution in [0.5, 0.6) is 5.75 Å². The summed E-state index contributed by atoms with van der Waals surface area (Å²) in [5.41, 5.74) is 2.62. The van der Waals surface area contributed by atoms with E-state index in [-0.39, 0.29) is 11.4 Å². The van der Waals surface area contributed by atoms with Crippen LogP contribution in [0.2, 0.25) is 0 Å². The third-order valence-electron chi connectivity index (χ3n) is 5.25. The highest BCUT2D eigenvalue weighted by Crippen LogP contribution is 2.35. The first-order valence-electron chi connectivity index (χ1n) is 10.1. The number of hydrogen-bond acceptors (Lipinski definition) is 3. The number of anilines is 2. The second-order valence-corrected chi connectivity index (χ2v) is 7.48. The minimum atomic E-state index is -4.54. The highest BCUT2D eigenvalue weighted by molar-refractivity contribution is 6.07. The molecule has 0 radical (unpaired) electrons. The summed E-state index contributed by atoms with van der Waals surface area (Å²) in [6, 6.07) is 11.6. The molecule has 0 aliphatic carbocycles. The maximum Gasteiger partial charge on any atom is 0.416 e. The van der Waals surface area contributed by atoms with E-state index in [4.69, 9.17) is 4.74 Å². The molecule has 9 heteroatoms. The number of rotatable bonds is 5. The van der Waals surface area contributed by atoms with Gasteiger partial charge in [0.25, 0.3) is 0 Å². The molecule has 0 fully saturated rings. The number of nitrogens with zero attached hydrogens (tertiary/aromatic N) is 2. The first-order valence-corrected chi connectivity index (χ1v) is 10.1. The van der Waals surface area contributed by atoms with Gasteiger partial charge in [0.05, 0.1) is 29.6 Å². The van der Waals surface area contributed by atoms with Gasteiger partial charge in [-0.15, -0.1) is 0 Å². The number of urea groups is 1. The van der Waals surface area contributed by atoms with E-state index in [1.165, 1.54) is 13.2 Å². The molecule has 0 saturated heterocycles. The van der Waals surface area contributed by atoms with Crippen LogP contribution in [0.3, 0.4) is 0 Å². The van der Waals surface area contributed by atoms with Gasteiger partial charge in [0.1, 0.15) is 5.75 Å². The number of carbonyl (C=O) groups is 1. The van der Waals surface area contributed by atoms with Crippen LogP contribution in [-0.2, 0) is 12.7 Å². The fraction of sp³-hybridized carbons (Fsp3) is 0.167. The number of nitrogens with one attached hydrogen (secondary N) is 2. The Morgan fingerprint density at radius 1 is 1.03 bits per heavy atom. The minimum absolute atomic E-state index is 0.0802. The highest BCUT2D eigenvalue weighted by atomic mass is 19.4. The second-order valence-electron chi connectivity index (χ2n) is 7.48. The van der Waals surface area contributed by atoms with Crippen LogP contribution >= 0.6 is 0 Å². The van der Waals surface area contributed by atoms with E-state index in [1.54, 1.807) is 18.5 Å². The van der Waals surface area contributed by atoms with Gasteiger partial charge in [-0.2, -0.15) is 13.2 Å². The molecular weight excluding hydrogens is 433 g/mol. The molecule has 4 rings (SSSR count). The first kappa shape index (κ1) is 22.2. The topological polar surface area (TPSA) is 68.2 Å². The third-order valence-corrected chi connectivity index (χ3v) is 5.25. The lowest BCUT2D eigenvalue weighted by Gasteiger charge is -2.15. The molecule has 2 amide bonds. The molecule has 0 saturated carbocycles. The fourth-order valence-corrected chi connectivity index (χ4v) is 3.69. The zero-order valence-electron chi connectivity index (χ0n) is 17.9. The summed E-state index contributed by atoms with van der Waals surface area (Å²) in [6.07, 6.45) is 0.845. The van der Waals surface area contributed by atoms with E-state index >= 15 is 0 Å². The standard InChI is InChI=1S/C24H21F3N4O2/c1-15-3-5-19(18-9-12-31(22(15)18)14-16-7-10-28-11-8-16)29-23(32)30-20-13-17(24(25,26)27)4-6-21(20)33-2/h3-13H,14H2,1-2H3,(H2,29,30,32). The Bertz CT molecular complexity index is 1300. The van der Waals surface area contributed by atoms with Crippen molar-refractivity contribution < 1.29 is 22.7 Å².